The van der Waals surface area contributed by atoms with Gasteiger partial charge in [-0.2, -0.15) is 11.8 Å². The zero-order chi connectivity index (χ0) is 15.3. The summed E-state index contributed by atoms with van der Waals surface area (Å²) in [6.07, 6.45) is 8.05. The van der Waals surface area contributed by atoms with Crippen LogP contribution in [0.15, 0.2) is 22.8 Å². The zero-order valence-electron chi connectivity index (χ0n) is 12.6. The fraction of sp³-hybridized carbons (Fsp3) is 0.667. The molecule has 0 saturated heterocycles. The molecule has 1 heterocycles. The highest BCUT2D eigenvalue weighted by Crippen LogP contribution is 2.26. The summed E-state index contributed by atoms with van der Waals surface area (Å²) in [5.74, 6) is 0.447. The minimum Gasteiger partial charge on any atom is -0.466 e. The first kappa shape index (κ1) is 16.2. The topological polar surface area (TPSA) is 74.5 Å². The van der Waals surface area contributed by atoms with Crippen LogP contribution in [0.4, 0.5) is 4.79 Å². The highest BCUT2D eigenvalue weighted by atomic mass is 32.2. The molecule has 0 radical (unpaired) electrons. The number of rotatable bonds is 5. The molecule has 0 bridgehead atoms. The molecule has 1 aliphatic carbocycles. The SMILES string of the molecule is CSC1CCCC(NC(=O)NCC(C)(O)c2ccco2)C1. The van der Waals surface area contributed by atoms with Crippen molar-refractivity contribution in [2.75, 3.05) is 12.8 Å². The predicted molar refractivity (Wildman–Crippen MR) is 84.4 cm³/mol. The van der Waals surface area contributed by atoms with Gasteiger partial charge in [-0.3, -0.25) is 0 Å². The summed E-state index contributed by atoms with van der Waals surface area (Å²) in [7, 11) is 0. The molecule has 1 aliphatic rings. The number of urea groups is 1. The fourth-order valence-electron chi connectivity index (χ4n) is 2.65. The Hall–Kier alpha value is -1.14. The Morgan fingerprint density at radius 3 is 3.05 bits per heavy atom. The van der Waals surface area contributed by atoms with Gasteiger partial charge in [0.25, 0.3) is 0 Å². The van der Waals surface area contributed by atoms with E-state index in [0.717, 1.165) is 19.3 Å². The third kappa shape index (κ3) is 4.68. The average molecular weight is 312 g/mol. The Morgan fingerprint density at radius 1 is 1.57 bits per heavy atom. The van der Waals surface area contributed by atoms with Crippen molar-refractivity contribution in [1.82, 2.24) is 10.6 Å². The fourth-order valence-corrected chi connectivity index (χ4v) is 3.48. The molecular formula is C15H24N2O3S. The number of carbonyl (C=O) groups excluding carboxylic acids is 1. The highest BCUT2D eigenvalue weighted by Gasteiger charge is 2.28. The van der Waals surface area contributed by atoms with Crippen LogP contribution in [0.5, 0.6) is 0 Å². The summed E-state index contributed by atoms with van der Waals surface area (Å²) in [6.45, 7) is 1.74. The lowest BCUT2D eigenvalue weighted by atomic mass is 9.95. The van der Waals surface area contributed by atoms with Crippen molar-refractivity contribution in [2.45, 2.75) is 49.5 Å². The molecule has 1 fully saturated rings. The van der Waals surface area contributed by atoms with E-state index in [1.54, 1.807) is 19.1 Å². The predicted octanol–water partition coefficient (Wildman–Crippen LogP) is 2.46. The molecule has 118 valence electrons. The molecule has 2 amide bonds. The smallest absolute Gasteiger partial charge is 0.315 e. The lowest BCUT2D eigenvalue weighted by molar-refractivity contribution is 0.0366. The summed E-state index contributed by atoms with van der Waals surface area (Å²) in [4.78, 5) is 12.0. The number of nitrogens with one attached hydrogen (secondary N) is 2. The monoisotopic (exact) mass is 312 g/mol. The number of hydrogen-bond acceptors (Lipinski definition) is 4. The van der Waals surface area contributed by atoms with E-state index in [0.29, 0.717) is 11.0 Å². The molecule has 3 atom stereocenters. The van der Waals surface area contributed by atoms with Crippen LogP contribution in [0.1, 0.15) is 38.4 Å². The molecule has 2 rings (SSSR count). The van der Waals surface area contributed by atoms with Gasteiger partial charge in [-0.15, -0.1) is 0 Å². The van der Waals surface area contributed by atoms with E-state index >= 15 is 0 Å². The summed E-state index contributed by atoms with van der Waals surface area (Å²) in [6, 6.07) is 3.41. The van der Waals surface area contributed by atoms with Crippen LogP contribution < -0.4 is 10.6 Å². The number of carbonyl (C=O) groups is 1. The number of thioether (sulfide) groups is 1. The van der Waals surface area contributed by atoms with Crippen LogP contribution in [-0.4, -0.2) is 35.2 Å². The second kappa shape index (κ2) is 7.22. The van der Waals surface area contributed by atoms with E-state index in [1.165, 1.54) is 12.7 Å². The Morgan fingerprint density at radius 2 is 2.38 bits per heavy atom. The largest absolute Gasteiger partial charge is 0.466 e. The summed E-state index contributed by atoms with van der Waals surface area (Å²) in [5.41, 5.74) is -1.20. The van der Waals surface area contributed by atoms with Gasteiger partial charge in [-0.05, 0) is 44.6 Å². The van der Waals surface area contributed by atoms with Crippen LogP contribution in [0.2, 0.25) is 0 Å². The van der Waals surface area contributed by atoms with E-state index in [-0.39, 0.29) is 18.6 Å². The zero-order valence-corrected chi connectivity index (χ0v) is 13.4. The van der Waals surface area contributed by atoms with Gasteiger partial charge in [-0.1, -0.05) is 6.42 Å². The van der Waals surface area contributed by atoms with Gasteiger partial charge in [0.15, 0.2) is 0 Å². The normalized spacial score (nSPS) is 25.1. The standard InChI is InChI=1S/C15H24N2O3S/c1-15(19,13-7-4-8-20-13)10-16-14(18)17-11-5-3-6-12(9-11)21-2/h4,7-8,11-12,19H,3,5-6,9-10H2,1-2H3,(H2,16,17,18). The third-order valence-corrected chi connectivity index (χ3v) is 5.03. The van der Waals surface area contributed by atoms with Gasteiger partial charge in [0.1, 0.15) is 11.4 Å². The maximum atomic E-state index is 12.0. The number of hydrogen-bond donors (Lipinski definition) is 3. The lowest BCUT2D eigenvalue weighted by Crippen LogP contribution is -2.48. The van der Waals surface area contributed by atoms with Gasteiger partial charge >= 0.3 is 6.03 Å². The van der Waals surface area contributed by atoms with Crippen LogP contribution in [-0.2, 0) is 5.60 Å². The minimum absolute atomic E-state index is 0.116. The van der Waals surface area contributed by atoms with Crippen molar-refractivity contribution >= 4 is 17.8 Å². The molecule has 1 saturated carbocycles. The molecular weight excluding hydrogens is 288 g/mol. The van der Waals surface area contributed by atoms with Gasteiger partial charge in [-0.25, -0.2) is 4.79 Å². The van der Waals surface area contributed by atoms with E-state index in [9.17, 15) is 9.90 Å². The first-order valence-corrected chi connectivity index (χ1v) is 8.63. The van der Waals surface area contributed by atoms with Crippen molar-refractivity contribution in [2.24, 2.45) is 0 Å². The van der Waals surface area contributed by atoms with E-state index in [1.807, 2.05) is 11.8 Å². The summed E-state index contributed by atoms with van der Waals surface area (Å²) >= 11 is 1.87. The molecule has 21 heavy (non-hydrogen) atoms. The van der Waals surface area contributed by atoms with Crippen LogP contribution in [0.25, 0.3) is 0 Å². The molecule has 6 heteroatoms. The Kier molecular flexibility index (Phi) is 5.58. The van der Waals surface area contributed by atoms with Crippen LogP contribution in [0, 0.1) is 0 Å². The molecule has 3 unspecified atom stereocenters. The second-order valence-electron chi connectivity index (χ2n) is 5.80. The van der Waals surface area contributed by atoms with Crippen molar-refractivity contribution in [1.29, 1.82) is 0 Å². The van der Waals surface area contributed by atoms with Gasteiger partial charge in [0, 0.05) is 11.3 Å². The molecule has 1 aromatic rings. The summed E-state index contributed by atoms with van der Waals surface area (Å²) in [5, 5.41) is 16.6. The second-order valence-corrected chi connectivity index (χ2v) is 6.94. The van der Waals surface area contributed by atoms with Crippen molar-refractivity contribution < 1.29 is 14.3 Å². The molecule has 0 spiro atoms. The molecule has 3 N–H and O–H groups in total. The average Bonchev–Trinajstić information content (AvgIpc) is 3.00. The highest BCUT2D eigenvalue weighted by molar-refractivity contribution is 7.99. The van der Waals surface area contributed by atoms with Crippen molar-refractivity contribution in [3.05, 3.63) is 24.2 Å². The van der Waals surface area contributed by atoms with Crippen molar-refractivity contribution in [3.63, 3.8) is 0 Å². The first-order chi connectivity index (χ1) is 10.0. The van der Waals surface area contributed by atoms with E-state index < -0.39 is 5.60 Å². The van der Waals surface area contributed by atoms with Gasteiger partial charge in [0.2, 0.25) is 0 Å². The maximum Gasteiger partial charge on any atom is 0.315 e. The van der Waals surface area contributed by atoms with Crippen molar-refractivity contribution in [3.8, 4) is 0 Å². The third-order valence-electron chi connectivity index (χ3n) is 3.94. The lowest BCUT2D eigenvalue weighted by Gasteiger charge is -2.29. The first-order valence-electron chi connectivity index (χ1n) is 7.35. The van der Waals surface area contributed by atoms with Crippen LogP contribution in [0.3, 0.4) is 0 Å². The number of furan rings is 1. The minimum atomic E-state index is -1.20. The quantitative estimate of drug-likeness (QED) is 0.781. The van der Waals surface area contributed by atoms with Gasteiger partial charge in [0.05, 0.1) is 12.8 Å². The molecule has 1 aromatic heterocycles. The molecule has 5 nitrogen and oxygen atoms in total. The number of aliphatic hydroxyl groups is 1. The van der Waals surface area contributed by atoms with Crippen LogP contribution >= 0.6 is 11.8 Å². The van der Waals surface area contributed by atoms with E-state index in [4.69, 9.17) is 4.42 Å². The molecule has 0 aromatic carbocycles. The number of amides is 2. The maximum absolute atomic E-state index is 12.0. The van der Waals surface area contributed by atoms with E-state index in [2.05, 4.69) is 16.9 Å². The Bertz CT molecular complexity index is 448. The Labute approximate surface area is 129 Å². The Balaban J connectivity index is 1.77. The molecule has 0 aliphatic heterocycles. The summed E-state index contributed by atoms with van der Waals surface area (Å²) < 4.78 is 5.18. The van der Waals surface area contributed by atoms with Gasteiger partial charge < -0.3 is 20.2 Å².